The summed E-state index contributed by atoms with van der Waals surface area (Å²) in [5, 5.41) is 11.2. The first kappa shape index (κ1) is 17.4. The third kappa shape index (κ3) is 4.52. The van der Waals surface area contributed by atoms with Gasteiger partial charge in [-0.25, -0.2) is 0 Å². The highest BCUT2D eigenvalue weighted by Crippen LogP contribution is 2.31. The quantitative estimate of drug-likeness (QED) is 0.515. The van der Waals surface area contributed by atoms with E-state index in [4.69, 9.17) is 0 Å². The zero-order valence-corrected chi connectivity index (χ0v) is 13.9. The molecule has 0 aliphatic rings. The van der Waals surface area contributed by atoms with Crippen molar-refractivity contribution in [3.05, 3.63) is 71.8 Å². The Labute approximate surface area is 139 Å². The molecular formula is C21H26O2. The number of ketones is 1. The number of hydrogen-bond donors (Lipinski definition) is 1. The van der Waals surface area contributed by atoms with Crippen LogP contribution in [0.1, 0.15) is 61.4 Å². The van der Waals surface area contributed by atoms with Crippen LogP contribution in [-0.4, -0.2) is 10.9 Å². The zero-order valence-electron chi connectivity index (χ0n) is 13.9. The number of unbranched alkanes of at least 4 members (excludes halogenated alkanes) is 4. The molecule has 2 heteroatoms. The van der Waals surface area contributed by atoms with Crippen LogP contribution in [0.25, 0.3) is 0 Å². The molecule has 2 aromatic carbocycles. The molecule has 0 bridgehead atoms. The summed E-state index contributed by atoms with van der Waals surface area (Å²) in [6.07, 6.45) is 5.91. The van der Waals surface area contributed by atoms with Crippen LogP contribution in [-0.2, 0) is 5.60 Å². The van der Waals surface area contributed by atoms with Crippen molar-refractivity contribution >= 4 is 5.78 Å². The fourth-order valence-corrected chi connectivity index (χ4v) is 2.92. The molecule has 0 heterocycles. The van der Waals surface area contributed by atoms with Crippen LogP contribution in [0.2, 0.25) is 0 Å². The summed E-state index contributed by atoms with van der Waals surface area (Å²) in [6, 6.07) is 18.4. The second kappa shape index (κ2) is 8.64. The van der Waals surface area contributed by atoms with E-state index in [9.17, 15) is 9.90 Å². The first-order valence-corrected chi connectivity index (χ1v) is 8.56. The molecule has 1 N–H and O–H groups in total. The van der Waals surface area contributed by atoms with Gasteiger partial charge in [0.2, 0.25) is 0 Å². The largest absolute Gasteiger partial charge is 0.377 e. The molecule has 0 radical (unpaired) electrons. The van der Waals surface area contributed by atoms with Crippen molar-refractivity contribution in [2.75, 3.05) is 0 Å². The number of benzene rings is 2. The van der Waals surface area contributed by atoms with Gasteiger partial charge in [0.25, 0.3) is 0 Å². The average molecular weight is 310 g/mol. The lowest BCUT2D eigenvalue weighted by Crippen LogP contribution is -2.35. The smallest absolute Gasteiger partial charge is 0.198 e. The minimum atomic E-state index is -1.44. The maximum Gasteiger partial charge on any atom is 0.198 e. The van der Waals surface area contributed by atoms with E-state index in [2.05, 4.69) is 6.92 Å². The molecule has 2 aromatic rings. The molecule has 2 nitrogen and oxygen atoms in total. The minimum absolute atomic E-state index is 0.209. The van der Waals surface area contributed by atoms with Gasteiger partial charge in [0, 0.05) is 5.56 Å². The van der Waals surface area contributed by atoms with Crippen LogP contribution in [0.5, 0.6) is 0 Å². The number of rotatable bonds is 9. The second-order valence-corrected chi connectivity index (χ2v) is 6.09. The molecule has 0 fully saturated rings. The molecule has 2 rings (SSSR count). The molecular weight excluding hydrogens is 284 g/mol. The van der Waals surface area contributed by atoms with E-state index in [0.717, 1.165) is 19.3 Å². The lowest BCUT2D eigenvalue weighted by atomic mass is 9.82. The highest BCUT2D eigenvalue weighted by Gasteiger charge is 2.37. The standard InChI is InChI=1S/C21H26O2/c1-2-3-4-5-12-17-21(23,19-15-10-7-11-16-19)20(22)18-13-8-6-9-14-18/h6-11,13-16,23H,2-5,12,17H2,1H3. The monoisotopic (exact) mass is 310 g/mol. The summed E-state index contributed by atoms with van der Waals surface area (Å²) in [5.74, 6) is -0.209. The molecule has 0 amide bonds. The van der Waals surface area contributed by atoms with Crippen LogP contribution >= 0.6 is 0 Å². The van der Waals surface area contributed by atoms with Gasteiger partial charge < -0.3 is 5.11 Å². The summed E-state index contributed by atoms with van der Waals surface area (Å²) >= 11 is 0. The Kier molecular flexibility index (Phi) is 6.54. The fraction of sp³-hybridized carbons (Fsp3) is 0.381. The van der Waals surface area contributed by atoms with Crippen LogP contribution < -0.4 is 0 Å². The van der Waals surface area contributed by atoms with Crippen LogP contribution in [0.3, 0.4) is 0 Å². The van der Waals surface area contributed by atoms with Gasteiger partial charge in [-0.3, -0.25) is 4.79 Å². The Morgan fingerprint density at radius 3 is 2.04 bits per heavy atom. The minimum Gasteiger partial charge on any atom is -0.377 e. The van der Waals surface area contributed by atoms with Gasteiger partial charge in [-0.2, -0.15) is 0 Å². The van der Waals surface area contributed by atoms with Crippen LogP contribution in [0, 0.1) is 0 Å². The highest BCUT2D eigenvalue weighted by molar-refractivity contribution is 6.02. The molecule has 0 aliphatic carbocycles. The number of carbonyl (C=O) groups excluding carboxylic acids is 1. The number of carbonyl (C=O) groups is 1. The third-order valence-electron chi connectivity index (χ3n) is 4.31. The second-order valence-electron chi connectivity index (χ2n) is 6.09. The SMILES string of the molecule is CCCCCCCC(O)(C(=O)c1ccccc1)c1ccccc1. The van der Waals surface area contributed by atoms with E-state index in [-0.39, 0.29) is 5.78 Å². The van der Waals surface area contributed by atoms with Crippen molar-refractivity contribution in [2.45, 2.75) is 51.0 Å². The molecule has 0 spiro atoms. The maximum atomic E-state index is 12.9. The van der Waals surface area contributed by atoms with Gasteiger partial charge in [0.05, 0.1) is 0 Å². The maximum absolute atomic E-state index is 12.9. The lowest BCUT2D eigenvalue weighted by Gasteiger charge is -2.27. The van der Waals surface area contributed by atoms with E-state index in [0.29, 0.717) is 17.5 Å². The van der Waals surface area contributed by atoms with Crippen molar-refractivity contribution in [2.24, 2.45) is 0 Å². The molecule has 1 atom stereocenters. The normalized spacial score (nSPS) is 13.5. The predicted octanol–water partition coefficient (Wildman–Crippen LogP) is 5.12. The summed E-state index contributed by atoms with van der Waals surface area (Å²) in [7, 11) is 0. The molecule has 122 valence electrons. The lowest BCUT2D eigenvalue weighted by molar-refractivity contribution is 0.0237. The van der Waals surface area contributed by atoms with E-state index in [1.807, 2.05) is 48.5 Å². The predicted molar refractivity (Wildman–Crippen MR) is 94.5 cm³/mol. The Morgan fingerprint density at radius 2 is 1.43 bits per heavy atom. The Morgan fingerprint density at radius 1 is 0.870 bits per heavy atom. The van der Waals surface area contributed by atoms with Crippen LogP contribution in [0.15, 0.2) is 60.7 Å². The van der Waals surface area contributed by atoms with Crippen LogP contribution in [0.4, 0.5) is 0 Å². The first-order chi connectivity index (χ1) is 11.2. The van der Waals surface area contributed by atoms with Crippen molar-refractivity contribution in [3.8, 4) is 0 Å². The molecule has 0 saturated carbocycles. The van der Waals surface area contributed by atoms with Gasteiger partial charge in [-0.05, 0) is 18.4 Å². The van der Waals surface area contributed by atoms with Gasteiger partial charge in [-0.15, -0.1) is 0 Å². The third-order valence-corrected chi connectivity index (χ3v) is 4.31. The number of hydrogen-bond acceptors (Lipinski definition) is 2. The summed E-state index contributed by atoms with van der Waals surface area (Å²) in [6.45, 7) is 2.18. The van der Waals surface area contributed by atoms with E-state index >= 15 is 0 Å². The first-order valence-electron chi connectivity index (χ1n) is 8.56. The Hall–Kier alpha value is -1.93. The Bertz CT molecular complexity index is 592. The number of aliphatic hydroxyl groups is 1. The van der Waals surface area contributed by atoms with E-state index in [1.54, 1.807) is 12.1 Å². The van der Waals surface area contributed by atoms with Gasteiger partial charge in [0.15, 0.2) is 11.4 Å². The Balaban J connectivity index is 2.19. The molecule has 0 saturated heterocycles. The molecule has 1 unspecified atom stereocenters. The van der Waals surface area contributed by atoms with E-state index in [1.165, 1.54) is 12.8 Å². The van der Waals surface area contributed by atoms with Crippen molar-refractivity contribution < 1.29 is 9.90 Å². The highest BCUT2D eigenvalue weighted by atomic mass is 16.3. The summed E-state index contributed by atoms with van der Waals surface area (Å²) in [5.41, 5.74) is -0.189. The fourth-order valence-electron chi connectivity index (χ4n) is 2.92. The van der Waals surface area contributed by atoms with Gasteiger partial charge >= 0.3 is 0 Å². The van der Waals surface area contributed by atoms with E-state index < -0.39 is 5.60 Å². The molecule has 0 aliphatic heterocycles. The topological polar surface area (TPSA) is 37.3 Å². The molecule has 0 aromatic heterocycles. The van der Waals surface area contributed by atoms with Crippen molar-refractivity contribution in [1.29, 1.82) is 0 Å². The van der Waals surface area contributed by atoms with Gasteiger partial charge in [0.1, 0.15) is 0 Å². The van der Waals surface area contributed by atoms with Gasteiger partial charge in [-0.1, -0.05) is 93.3 Å². The average Bonchev–Trinajstić information content (AvgIpc) is 2.62. The number of Topliss-reactive ketones (excluding diaryl/α,β-unsaturated/α-hetero) is 1. The zero-order chi connectivity index (χ0) is 16.5. The summed E-state index contributed by atoms with van der Waals surface area (Å²) < 4.78 is 0. The summed E-state index contributed by atoms with van der Waals surface area (Å²) in [4.78, 5) is 12.9. The van der Waals surface area contributed by atoms with Crippen molar-refractivity contribution in [3.63, 3.8) is 0 Å². The molecule has 23 heavy (non-hydrogen) atoms. The van der Waals surface area contributed by atoms with Crippen molar-refractivity contribution in [1.82, 2.24) is 0 Å².